The van der Waals surface area contributed by atoms with Crippen LogP contribution in [-0.2, 0) is 17.8 Å². The SMILES string of the molecule is O=C(O)Cn1c(Cc2ccccc2)nc2cc3c(cc21)OCO3. The molecule has 0 bridgehead atoms. The average molecular weight is 310 g/mol. The maximum absolute atomic E-state index is 11.2. The molecule has 2 heterocycles. The highest BCUT2D eigenvalue weighted by Crippen LogP contribution is 2.36. The minimum absolute atomic E-state index is 0.141. The second kappa shape index (κ2) is 5.31. The van der Waals surface area contributed by atoms with Crippen LogP contribution in [0.3, 0.4) is 0 Å². The third-order valence-electron chi connectivity index (χ3n) is 3.82. The first kappa shape index (κ1) is 13.6. The fourth-order valence-electron chi connectivity index (χ4n) is 2.79. The van der Waals surface area contributed by atoms with Gasteiger partial charge in [0.15, 0.2) is 11.5 Å². The normalized spacial score (nSPS) is 12.7. The van der Waals surface area contributed by atoms with Gasteiger partial charge in [-0.15, -0.1) is 0 Å². The second-order valence-electron chi connectivity index (χ2n) is 5.36. The maximum atomic E-state index is 11.2. The number of fused-ring (bicyclic) bond motifs is 2. The summed E-state index contributed by atoms with van der Waals surface area (Å²) in [5.74, 6) is 1.06. The van der Waals surface area contributed by atoms with Gasteiger partial charge in [-0.1, -0.05) is 30.3 Å². The number of nitrogens with zero attached hydrogens (tertiary/aromatic N) is 2. The van der Waals surface area contributed by atoms with Gasteiger partial charge in [0.2, 0.25) is 6.79 Å². The molecule has 6 heteroatoms. The summed E-state index contributed by atoms with van der Waals surface area (Å²) in [6.07, 6.45) is 0.565. The van der Waals surface area contributed by atoms with E-state index in [9.17, 15) is 9.90 Å². The van der Waals surface area contributed by atoms with Crippen LogP contribution < -0.4 is 9.47 Å². The van der Waals surface area contributed by atoms with Crippen molar-refractivity contribution in [1.82, 2.24) is 9.55 Å². The Labute approximate surface area is 131 Å². The van der Waals surface area contributed by atoms with E-state index in [-0.39, 0.29) is 13.3 Å². The van der Waals surface area contributed by atoms with Crippen molar-refractivity contribution in [1.29, 1.82) is 0 Å². The van der Waals surface area contributed by atoms with Gasteiger partial charge in [-0.3, -0.25) is 4.79 Å². The van der Waals surface area contributed by atoms with E-state index in [1.165, 1.54) is 0 Å². The summed E-state index contributed by atoms with van der Waals surface area (Å²) in [4.78, 5) is 15.8. The monoisotopic (exact) mass is 310 g/mol. The molecular formula is C17H14N2O4. The van der Waals surface area contributed by atoms with Gasteiger partial charge in [-0.25, -0.2) is 4.98 Å². The van der Waals surface area contributed by atoms with E-state index < -0.39 is 5.97 Å². The van der Waals surface area contributed by atoms with Gasteiger partial charge < -0.3 is 19.1 Å². The van der Waals surface area contributed by atoms with Crippen molar-refractivity contribution in [3.05, 3.63) is 53.9 Å². The number of rotatable bonds is 4. The van der Waals surface area contributed by atoms with Crippen molar-refractivity contribution in [2.75, 3.05) is 6.79 Å². The standard InChI is InChI=1S/C17H14N2O4/c20-17(21)9-19-13-8-15-14(22-10-23-15)7-12(13)18-16(19)6-11-4-2-1-3-5-11/h1-5,7-8H,6,9-10H2,(H,20,21). The topological polar surface area (TPSA) is 73.6 Å². The Hall–Kier alpha value is -3.02. The van der Waals surface area contributed by atoms with Crippen LogP contribution in [0.5, 0.6) is 11.5 Å². The molecule has 0 unspecified atom stereocenters. The van der Waals surface area contributed by atoms with Crippen molar-refractivity contribution in [2.45, 2.75) is 13.0 Å². The minimum Gasteiger partial charge on any atom is -0.480 e. The number of imidazole rings is 1. The third kappa shape index (κ3) is 2.48. The lowest BCUT2D eigenvalue weighted by Gasteiger charge is -2.07. The number of carboxylic acids is 1. The molecule has 116 valence electrons. The first-order valence-electron chi connectivity index (χ1n) is 7.25. The Morgan fingerprint density at radius 1 is 1.17 bits per heavy atom. The molecule has 1 aliphatic heterocycles. The van der Waals surface area contributed by atoms with Crippen LogP contribution in [-0.4, -0.2) is 27.4 Å². The van der Waals surface area contributed by atoms with Gasteiger partial charge in [-0.05, 0) is 5.56 Å². The first-order chi connectivity index (χ1) is 11.2. The summed E-state index contributed by atoms with van der Waals surface area (Å²) in [6, 6.07) is 13.4. The van der Waals surface area contributed by atoms with Crippen molar-refractivity contribution in [3.8, 4) is 11.5 Å². The van der Waals surface area contributed by atoms with Crippen molar-refractivity contribution < 1.29 is 19.4 Å². The van der Waals surface area contributed by atoms with Crippen LogP contribution >= 0.6 is 0 Å². The third-order valence-corrected chi connectivity index (χ3v) is 3.82. The number of aliphatic carboxylic acids is 1. The van der Waals surface area contributed by atoms with E-state index >= 15 is 0 Å². The van der Waals surface area contributed by atoms with Gasteiger partial charge in [0.25, 0.3) is 0 Å². The molecule has 2 aromatic carbocycles. The molecule has 0 saturated carbocycles. The highest BCUT2D eigenvalue weighted by Gasteiger charge is 2.20. The summed E-state index contributed by atoms with van der Waals surface area (Å²) in [7, 11) is 0. The average Bonchev–Trinajstić information content (AvgIpc) is 3.11. The molecule has 0 saturated heterocycles. The Morgan fingerprint density at radius 2 is 1.91 bits per heavy atom. The molecular weight excluding hydrogens is 296 g/mol. The highest BCUT2D eigenvalue weighted by atomic mass is 16.7. The molecule has 0 fully saturated rings. The molecule has 1 aliphatic rings. The number of carboxylic acid groups (broad SMARTS) is 1. The number of benzene rings is 2. The molecule has 0 spiro atoms. The smallest absolute Gasteiger partial charge is 0.323 e. The Kier molecular flexibility index (Phi) is 3.15. The van der Waals surface area contributed by atoms with E-state index in [0.717, 1.165) is 11.1 Å². The number of hydrogen-bond acceptors (Lipinski definition) is 4. The van der Waals surface area contributed by atoms with E-state index in [2.05, 4.69) is 4.98 Å². The van der Waals surface area contributed by atoms with Gasteiger partial charge in [-0.2, -0.15) is 0 Å². The maximum Gasteiger partial charge on any atom is 0.323 e. The molecule has 23 heavy (non-hydrogen) atoms. The van der Waals surface area contributed by atoms with Gasteiger partial charge >= 0.3 is 5.97 Å². The fourth-order valence-corrected chi connectivity index (χ4v) is 2.79. The summed E-state index contributed by atoms with van der Waals surface area (Å²) in [5.41, 5.74) is 2.53. The highest BCUT2D eigenvalue weighted by molar-refractivity contribution is 5.82. The predicted molar refractivity (Wildman–Crippen MR) is 82.7 cm³/mol. The minimum atomic E-state index is -0.906. The zero-order chi connectivity index (χ0) is 15.8. The quantitative estimate of drug-likeness (QED) is 0.801. The van der Waals surface area contributed by atoms with Crippen LogP contribution in [0.25, 0.3) is 11.0 Å². The molecule has 3 aromatic rings. The lowest BCUT2D eigenvalue weighted by Crippen LogP contribution is -2.12. The largest absolute Gasteiger partial charge is 0.480 e. The van der Waals surface area contributed by atoms with Crippen LogP contribution in [0.2, 0.25) is 0 Å². The Balaban J connectivity index is 1.83. The first-order valence-corrected chi connectivity index (χ1v) is 7.25. The lowest BCUT2D eigenvalue weighted by atomic mass is 10.1. The predicted octanol–water partition coefficient (Wildman–Crippen LogP) is 2.44. The zero-order valence-electron chi connectivity index (χ0n) is 12.2. The molecule has 1 aromatic heterocycles. The number of hydrogen-bond donors (Lipinski definition) is 1. The molecule has 0 radical (unpaired) electrons. The van der Waals surface area contributed by atoms with Crippen LogP contribution in [0.15, 0.2) is 42.5 Å². The number of aromatic nitrogens is 2. The fraction of sp³-hybridized carbons (Fsp3) is 0.176. The number of carbonyl (C=O) groups is 1. The van der Waals surface area contributed by atoms with Gasteiger partial charge in [0, 0.05) is 18.6 Å². The molecule has 1 N–H and O–H groups in total. The van der Waals surface area contributed by atoms with E-state index in [1.807, 2.05) is 30.3 Å². The zero-order valence-corrected chi connectivity index (χ0v) is 12.2. The van der Waals surface area contributed by atoms with E-state index in [1.54, 1.807) is 16.7 Å². The summed E-state index contributed by atoms with van der Waals surface area (Å²) in [5, 5.41) is 9.22. The van der Waals surface area contributed by atoms with Crippen LogP contribution in [0.4, 0.5) is 0 Å². The van der Waals surface area contributed by atoms with Crippen molar-refractivity contribution >= 4 is 17.0 Å². The summed E-state index contributed by atoms with van der Waals surface area (Å²) < 4.78 is 12.5. The Morgan fingerprint density at radius 3 is 2.65 bits per heavy atom. The summed E-state index contributed by atoms with van der Waals surface area (Å²) >= 11 is 0. The van der Waals surface area contributed by atoms with Crippen LogP contribution in [0, 0.1) is 0 Å². The molecule has 0 aliphatic carbocycles. The van der Waals surface area contributed by atoms with E-state index in [0.29, 0.717) is 29.3 Å². The van der Waals surface area contributed by atoms with Crippen molar-refractivity contribution in [2.24, 2.45) is 0 Å². The number of ether oxygens (including phenoxy) is 2. The van der Waals surface area contributed by atoms with Crippen LogP contribution in [0.1, 0.15) is 11.4 Å². The molecule has 4 rings (SSSR count). The second-order valence-corrected chi connectivity index (χ2v) is 5.36. The molecule has 0 atom stereocenters. The molecule has 6 nitrogen and oxygen atoms in total. The van der Waals surface area contributed by atoms with Gasteiger partial charge in [0.05, 0.1) is 11.0 Å². The van der Waals surface area contributed by atoms with E-state index in [4.69, 9.17) is 9.47 Å². The van der Waals surface area contributed by atoms with Gasteiger partial charge in [0.1, 0.15) is 12.4 Å². The summed E-state index contributed by atoms with van der Waals surface area (Å²) in [6.45, 7) is 0.0378. The van der Waals surface area contributed by atoms with Crippen molar-refractivity contribution in [3.63, 3.8) is 0 Å². The lowest BCUT2D eigenvalue weighted by molar-refractivity contribution is -0.137. The molecule has 0 amide bonds. The Bertz CT molecular complexity index is 886.